The molecular formula is C22H22F2N4O5S. The van der Waals surface area contributed by atoms with Crippen molar-refractivity contribution >= 4 is 33.3 Å². The van der Waals surface area contributed by atoms with E-state index < -0.39 is 34.2 Å². The number of carbonyl (C=O) groups excluding carboxylic acids is 1. The first-order chi connectivity index (χ1) is 16.1. The highest BCUT2D eigenvalue weighted by Crippen LogP contribution is 2.34. The molecule has 0 unspecified atom stereocenters. The minimum Gasteiger partial charge on any atom is -0.465 e. The van der Waals surface area contributed by atoms with Crippen molar-refractivity contribution in [2.75, 3.05) is 19.6 Å². The van der Waals surface area contributed by atoms with Crippen LogP contribution >= 0.6 is 0 Å². The molecule has 1 aromatic carbocycles. The standard InChI is InChI=1S/C22H22F2N4O5S/c23-14-3-6-16-17(10-25-19(16)9-14)13-1-4-15(5-2-13)34(32,33)26-8-7-21(29)28-11-18(24)20(12-28)27-22(30)31/h1-6,10,18,20,26-27H,7-9,11-12H2,(H,30,31)/t18-,20-/m1/s1. The van der Waals surface area contributed by atoms with Crippen molar-refractivity contribution in [2.45, 2.75) is 30.0 Å². The van der Waals surface area contributed by atoms with E-state index in [4.69, 9.17) is 5.11 Å². The fourth-order valence-electron chi connectivity index (χ4n) is 4.00. The van der Waals surface area contributed by atoms with Crippen LogP contribution in [0.25, 0.3) is 5.57 Å². The quantitative estimate of drug-likeness (QED) is 0.537. The van der Waals surface area contributed by atoms with E-state index in [-0.39, 0.29) is 43.2 Å². The lowest BCUT2D eigenvalue weighted by Crippen LogP contribution is -2.41. The molecule has 180 valence electrons. The first kappa shape index (κ1) is 23.8. The summed E-state index contributed by atoms with van der Waals surface area (Å²) in [6, 6.07) is 5.09. The second-order valence-electron chi connectivity index (χ2n) is 8.03. The smallest absolute Gasteiger partial charge is 0.405 e. The monoisotopic (exact) mass is 492 g/mol. The molecule has 12 heteroatoms. The maximum Gasteiger partial charge on any atom is 0.405 e. The molecule has 1 fully saturated rings. The van der Waals surface area contributed by atoms with Gasteiger partial charge in [0.1, 0.15) is 12.0 Å². The number of nitrogens with zero attached hydrogens (tertiary/aromatic N) is 2. The van der Waals surface area contributed by atoms with Crippen molar-refractivity contribution in [3.8, 4) is 0 Å². The number of nitrogens with one attached hydrogen (secondary N) is 2. The fraction of sp³-hybridized carbons (Fsp3) is 0.318. The van der Waals surface area contributed by atoms with Gasteiger partial charge in [-0.05, 0) is 29.8 Å². The van der Waals surface area contributed by atoms with Crippen LogP contribution in [0.2, 0.25) is 0 Å². The lowest BCUT2D eigenvalue weighted by atomic mass is 9.93. The minimum absolute atomic E-state index is 0.00252. The summed E-state index contributed by atoms with van der Waals surface area (Å²) in [5, 5.41) is 10.7. The topological polar surface area (TPSA) is 128 Å². The molecule has 34 heavy (non-hydrogen) atoms. The SMILES string of the molecule is O=C(O)N[C@@H]1CN(C(=O)CCNS(=O)(=O)c2ccc(C3=CN=C4CC(F)=CC=C34)cc2)C[C@H]1F. The van der Waals surface area contributed by atoms with Crippen LogP contribution < -0.4 is 10.0 Å². The maximum atomic E-state index is 13.9. The second kappa shape index (κ2) is 9.47. The number of fused-ring (bicyclic) bond motifs is 1. The fourth-order valence-corrected chi connectivity index (χ4v) is 5.03. The van der Waals surface area contributed by atoms with Crippen LogP contribution in [-0.2, 0) is 14.8 Å². The van der Waals surface area contributed by atoms with Gasteiger partial charge in [0.2, 0.25) is 15.9 Å². The third kappa shape index (κ3) is 5.07. The lowest BCUT2D eigenvalue weighted by Gasteiger charge is -2.16. The molecule has 4 rings (SSSR count). The van der Waals surface area contributed by atoms with Gasteiger partial charge >= 0.3 is 6.09 Å². The number of benzene rings is 1. The summed E-state index contributed by atoms with van der Waals surface area (Å²) in [6.45, 7) is -0.556. The highest BCUT2D eigenvalue weighted by molar-refractivity contribution is 7.89. The van der Waals surface area contributed by atoms with E-state index in [0.29, 0.717) is 5.71 Å². The summed E-state index contributed by atoms with van der Waals surface area (Å²) in [5.41, 5.74) is 2.93. The molecule has 0 saturated carbocycles. The van der Waals surface area contributed by atoms with Gasteiger partial charge in [-0.3, -0.25) is 9.79 Å². The summed E-state index contributed by atoms with van der Waals surface area (Å²) in [6.07, 6.45) is 1.68. The number of aliphatic imine (C=N–C) groups is 1. The van der Waals surface area contributed by atoms with Crippen molar-refractivity contribution in [1.29, 1.82) is 0 Å². The summed E-state index contributed by atoms with van der Waals surface area (Å²) in [4.78, 5) is 28.4. The Hall–Kier alpha value is -3.38. The Labute approximate surface area is 194 Å². The number of hydrogen-bond acceptors (Lipinski definition) is 5. The molecular weight excluding hydrogens is 470 g/mol. The number of carbonyl (C=O) groups is 2. The first-order valence-electron chi connectivity index (χ1n) is 10.5. The zero-order chi connectivity index (χ0) is 24.5. The predicted molar refractivity (Wildman–Crippen MR) is 120 cm³/mol. The maximum absolute atomic E-state index is 13.9. The summed E-state index contributed by atoms with van der Waals surface area (Å²) in [7, 11) is -3.89. The Balaban J connectivity index is 1.32. The van der Waals surface area contributed by atoms with Gasteiger partial charge in [0.25, 0.3) is 0 Å². The third-order valence-electron chi connectivity index (χ3n) is 5.73. The van der Waals surface area contributed by atoms with Crippen LogP contribution in [0, 0.1) is 0 Å². The number of rotatable bonds is 7. The van der Waals surface area contributed by atoms with Gasteiger partial charge in [-0.15, -0.1) is 0 Å². The van der Waals surface area contributed by atoms with Crippen LogP contribution in [0.5, 0.6) is 0 Å². The minimum atomic E-state index is -3.89. The van der Waals surface area contributed by atoms with E-state index in [0.717, 1.165) is 16.7 Å². The van der Waals surface area contributed by atoms with Crippen molar-refractivity contribution < 1.29 is 31.9 Å². The zero-order valence-electron chi connectivity index (χ0n) is 17.9. The van der Waals surface area contributed by atoms with Crippen molar-refractivity contribution in [1.82, 2.24) is 14.9 Å². The third-order valence-corrected chi connectivity index (χ3v) is 7.21. The Morgan fingerprint density at radius 2 is 1.88 bits per heavy atom. The van der Waals surface area contributed by atoms with E-state index in [1.54, 1.807) is 24.4 Å². The molecule has 2 amide bonds. The van der Waals surface area contributed by atoms with E-state index in [1.807, 2.05) is 5.32 Å². The molecule has 0 spiro atoms. The Morgan fingerprint density at radius 3 is 2.59 bits per heavy atom. The molecule has 1 aromatic rings. The van der Waals surface area contributed by atoms with Crippen molar-refractivity contribution in [2.24, 2.45) is 4.99 Å². The van der Waals surface area contributed by atoms with Crippen molar-refractivity contribution in [3.05, 3.63) is 59.6 Å². The highest BCUT2D eigenvalue weighted by atomic mass is 32.2. The van der Waals surface area contributed by atoms with Gasteiger partial charge in [0.05, 0.1) is 23.2 Å². The number of hydrogen-bond donors (Lipinski definition) is 3. The summed E-state index contributed by atoms with van der Waals surface area (Å²) < 4.78 is 54.8. The van der Waals surface area contributed by atoms with E-state index in [1.165, 1.54) is 23.1 Å². The molecule has 1 saturated heterocycles. The number of allylic oxidation sites excluding steroid dienone is 5. The molecule has 0 aromatic heterocycles. The van der Waals surface area contributed by atoms with Crippen LogP contribution in [0.1, 0.15) is 18.4 Å². The molecule has 9 nitrogen and oxygen atoms in total. The van der Waals surface area contributed by atoms with Gasteiger partial charge in [0, 0.05) is 43.3 Å². The molecule has 2 aliphatic heterocycles. The van der Waals surface area contributed by atoms with Crippen LogP contribution in [0.3, 0.4) is 0 Å². The number of sulfonamides is 1. The van der Waals surface area contributed by atoms with Gasteiger partial charge in [-0.25, -0.2) is 26.7 Å². The molecule has 0 bridgehead atoms. The lowest BCUT2D eigenvalue weighted by molar-refractivity contribution is -0.130. The molecule has 3 aliphatic rings. The normalized spacial score (nSPS) is 21.9. The number of amides is 2. The average Bonchev–Trinajstić information content (AvgIpc) is 3.36. The number of likely N-dealkylation sites (tertiary alicyclic amines) is 1. The molecule has 0 radical (unpaired) electrons. The highest BCUT2D eigenvalue weighted by Gasteiger charge is 2.36. The van der Waals surface area contributed by atoms with Crippen LogP contribution in [0.4, 0.5) is 13.6 Å². The number of halogens is 2. The van der Waals surface area contributed by atoms with Gasteiger partial charge < -0.3 is 15.3 Å². The molecule has 2 atom stereocenters. The first-order valence-corrected chi connectivity index (χ1v) is 12.0. The van der Waals surface area contributed by atoms with Crippen LogP contribution in [-0.4, -0.2) is 68.0 Å². The number of alkyl halides is 1. The molecule has 3 N–H and O–H groups in total. The van der Waals surface area contributed by atoms with E-state index in [9.17, 15) is 26.8 Å². The Morgan fingerprint density at radius 1 is 1.15 bits per heavy atom. The van der Waals surface area contributed by atoms with Gasteiger partial charge in [0.15, 0.2) is 0 Å². The Kier molecular flexibility index (Phi) is 6.62. The molecule has 2 heterocycles. The zero-order valence-corrected chi connectivity index (χ0v) is 18.7. The average molecular weight is 493 g/mol. The van der Waals surface area contributed by atoms with Gasteiger partial charge in [-0.2, -0.15) is 0 Å². The summed E-state index contributed by atoms with van der Waals surface area (Å²) in [5.74, 6) is -0.750. The van der Waals surface area contributed by atoms with Crippen molar-refractivity contribution in [3.63, 3.8) is 0 Å². The summed E-state index contributed by atoms with van der Waals surface area (Å²) >= 11 is 0. The molecule has 1 aliphatic carbocycles. The van der Waals surface area contributed by atoms with E-state index >= 15 is 0 Å². The van der Waals surface area contributed by atoms with Gasteiger partial charge in [-0.1, -0.05) is 12.1 Å². The second-order valence-corrected chi connectivity index (χ2v) is 9.80. The predicted octanol–water partition coefficient (Wildman–Crippen LogP) is 2.15. The number of carboxylic acid groups (broad SMARTS) is 1. The largest absolute Gasteiger partial charge is 0.465 e. The van der Waals surface area contributed by atoms with E-state index in [2.05, 4.69) is 9.71 Å². The Bertz CT molecular complexity index is 1240. The van der Waals surface area contributed by atoms with Crippen LogP contribution in [0.15, 0.2) is 63.9 Å².